The van der Waals surface area contributed by atoms with Crippen molar-refractivity contribution in [2.45, 2.75) is 20.3 Å². The third-order valence-corrected chi connectivity index (χ3v) is 3.85. The summed E-state index contributed by atoms with van der Waals surface area (Å²) in [5, 5.41) is 14.3. The first-order valence-electron chi connectivity index (χ1n) is 8.13. The van der Waals surface area contributed by atoms with Crippen molar-refractivity contribution < 1.29 is 4.39 Å². The van der Waals surface area contributed by atoms with Gasteiger partial charge in [0.2, 0.25) is 5.95 Å². The van der Waals surface area contributed by atoms with E-state index in [1.54, 1.807) is 18.3 Å². The monoisotopic (exact) mass is 337 g/mol. The molecule has 2 N–H and O–H groups in total. The van der Waals surface area contributed by atoms with E-state index >= 15 is 0 Å². The highest BCUT2D eigenvalue weighted by Gasteiger charge is 2.05. The molecule has 0 atom stereocenters. The summed E-state index contributed by atoms with van der Waals surface area (Å²) >= 11 is 0. The van der Waals surface area contributed by atoms with E-state index in [9.17, 15) is 4.39 Å². The lowest BCUT2D eigenvalue weighted by Gasteiger charge is -2.10. The Morgan fingerprint density at radius 3 is 2.76 bits per heavy atom. The number of aromatic nitrogens is 3. The van der Waals surface area contributed by atoms with Crippen LogP contribution in [0.1, 0.15) is 16.7 Å². The molecule has 0 radical (unpaired) electrons. The first kappa shape index (κ1) is 16.8. The first-order valence-corrected chi connectivity index (χ1v) is 8.13. The maximum atomic E-state index is 13.6. The second kappa shape index (κ2) is 7.70. The van der Waals surface area contributed by atoms with Gasteiger partial charge in [0.05, 0.1) is 6.20 Å². The van der Waals surface area contributed by atoms with Crippen LogP contribution in [-0.4, -0.2) is 21.7 Å². The predicted octanol–water partition coefficient (Wildman–Crippen LogP) is 4.03. The molecule has 0 unspecified atom stereocenters. The number of anilines is 3. The van der Waals surface area contributed by atoms with Crippen LogP contribution in [0.25, 0.3) is 0 Å². The smallest absolute Gasteiger partial charge is 0.244 e. The van der Waals surface area contributed by atoms with Crippen LogP contribution in [0.5, 0.6) is 0 Å². The van der Waals surface area contributed by atoms with Crippen LogP contribution < -0.4 is 10.6 Å². The number of benzene rings is 2. The molecule has 3 aromatic rings. The molecule has 1 heterocycles. The summed E-state index contributed by atoms with van der Waals surface area (Å²) in [5.74, 6) is 0.817. The highest BCUT2D eigenvalue weighted by atomic mass is 19.1. The van der Waals surface area contributed by atoms with E-state index in [1.807, 2.05) is 19.9 Å². The summed E-state index contributed by atoms with van der Waals surface area (Å²) in [4.78, 5) is 4.40. The van der Waals surface area contributed by atoms with Gasteiger partial charge in [-0.2, -0.15) is 10.1 Å². The Kier molecular flexibility index (Phi) is 5.18. The van der Waals surface area contributed by atoms with Gasteiger partial charge in [-0.1, -0.05) is 30.3 Å². The highest BCUT2D eigenvalue weighted by Crippen LogP contribution is 2.20. The van der Waals surface area contributed by atoms with Crippen LogP contribution in [0.15, 0.2) is 48.7 Å². The molecule has 6 heteroatoms. The number of nitrogens with zero attached hydrogens (tertiary/aromatic N) is 3. The maximum absolute atomic E-state index is 13.6. The Hall–Kier alpha value is -3.02. The molecule has 0 amide bonds. The molecule has 0 saturated carbocycles. The van der Waals surface area contributed by atoms with Gasteiger partial charge in [0.25, 0.3) is 0 Å². The Bertz CT molecular complexity index is 866. The lowest BCUT2D eigenvalue weighted by Crippen LogP contribution is -2.10. The van der Waals surface area contributed by atoms with Crippen molar-refractivity contribution in [3.8, 4) is 0 Å². The van der Waals surface area contributed by atoms with Crippen LogP contribution in [0.4, 0.5) is 21.8 Å². The van der Waals surface area contributed by atoms with Crippen molar-refractivity contribution >= 4 is 17.5 Å². The maximum Gasteiger partial charge on any atom is 0.244 e. The van der Waals surface area contributed by atoms with E-state index in [0.29, 0.717) is 30.3 Å². The minimum atomic E-state index is -0.200. The molecule has 25 heavy (non-hydrogen) atoms. The molecule has 5 nitrogen and oxygen atoms in total. The second-order valence-electron chi connectivity index (χ2n) is 5.88. The van der Waals surface area contributed by atoms with Crippen molar-refractivity contribution in [3.05, 3.63) is 71.2 Å². The summed E-state index contributed by atoms with van der Waals surface area (Å²) < 4.78 is 13.6. The van der Waals surface area contributed by atoms with Crippen molar-refractivity contribution in [3.63, 3.8) is 0 Å². The molecule has 0 aliphatic rings. The van der Waals surface area contributed by atoms with Crippen LogP contribution >= 0.6 is 0 Å². The van der Waals surface area contributed by atoms with Gasteiger partial charge in [-0.05, 0) is 49.1 Å². The lowest BCUT2D eigenvalue weighted by molar-refractivity contribution is 0.610. The molecular formula is C19H20FN5. The molecule has 0 aliphatic carbocycles. The van der Waals surface area contributed by atoms with E-state index in [2.05, 4.69) is 44.0 Å². The fraction of sp³-hybridized carbons (Fsp3) is 0.211. The molecule has 128 valence electrons. The standard InChI is InChI=1S/C19H20FN5/c1-13-7-8-14(2)17(11-13)23-18-12-22-25-19(24-18)21-10-9-15-5-3-4-6-16(15)20/h3-8,11-12H,9-10H2,1-2H3,(H2,21,23,24,25). The average molecular weight is 337 g/mol. The largest absolute Gasteiger partial charge is 0.353 e. The number of halogens is 1. The number of aryl methyl sites for hydroxylation is 2. The summed E-state index contributed by atoms with van der Waals surface area (Å²) in [5.41, 5.74) is 3.93. The summed E-state index contributed by atoms with van der Waals surface area (Å²) in [6, 6.07) is 12.9. The number of rotatable bonds is 6. The minimum Gasteiger partial charge on any atom is -0.353 e. The summed E-state index contributed by atoms with van der Waals surface area (Å²) in [6.45, 7) is 4.60. The van der Waals surface area contributed by atoms with E-state index < -0.39 is 0 Å². The van der Waals surface area contributed by atoms with Crippen LogP contribution in [0.3, 0.4) is 0 Å². The van der Waals surface area contributed by atoms with Gasteiger partial charge >= 0.3 is 0 Å². The minimum absolute atomic E-state index is 0.200. The molecule has 0 aliphatic heterocycles. The van der Waals surface area contributed by atoms with Gasteiger partial charge in [-0.15, -0.1) is 5.10 Å². The summed E-state index contributed by atoms with van der Waals surface area (Å²) in [6.07, 6.45) is 2.12. The highest BCUT2D eigenvalue weighted by molar-refractivity contribution is 5.61. The summed E-state index contributed by atoms with van der Waals surface area (Å²) in [7, 11) is 0. The molecule has 1 aromatic heterocycles. The van der Waals surface area contributed by atoms with Gasteiger partial charge in [-0.3, -0.25) is 0 Å². The quantitative estimate of drug-likeness (QED) is 0.711. The topological polar surface area (TPSA) is 62.7 Å². The molecular weight excluding hydrogens is 317 g/mol. The Labute approximate surface area is 146 Å². The number of hydrogen-bond donors (Lipinski definition) is 2. The van der Waals surface area contributed by atoms with Gasteiger partial charge in [0.1, 0.15) is 5.82 Å². The zero-order chi connectivity index (χ0) is 17.6. The van der Waals surface area contributed by atoms with E-state index in [1.165, 1.54) is 11.6 Å². The molecule has 0 spiro atoms. The SMILES string of the molecule is Cc1ccc(C)c(Nc2cnnc(NCCc3ccccc3F)n2)c1. The Morgan fingerprint density at radius 2 is 1.92 bits per heavy atom. The lowest BCUT2D eigenvalue weighted by atomic mass is 10.1. The van der Waals surface area contributed by atoms with E-state index in [4.69, 9.17) is 0 Å². The fourth-order valence-electron chi connectivity index (χ4n) is 2.46. The van der Waals surface area contributed by atoms with Gasteiger partial charge in [0.15, 0.2) is 5.82 Å². The first-order chi connectivity index (χ1) is 12.1. The van der Waals surface area contributed by atoms with Crippen molar-refractivity contribution in [2.75, 3.05) is 17.2 Å². The van der Waals surface area contributed by atoms with Gasteiger partial charge in [0, 0.05) is 12.2 Å². The van der Waals surface area contributed by atoms with E-state index in [-0.39, 0.29) is 5.82 Å². The molecule has 0 fully saturated rings. The fourth-order valence-corrected chi connectivity index (χ4v) is 2.46. The molecule has 2 aromatic carbocycles. The second-order valence-corrected chi connectivity index (χ2v) is 5.88. The molecule has 0 saturated heterocycles. The van der Waals surface area contributed by atoms with Crippen molar-refractivity contribution in [2.24, 2.45) is 0 Å². The zero-order valence-corrected chi connectivity index (χ0v) is 14.3. The molecule has 3 rings (SSSR count). The zero-order valence-electron chi connectivity index (χ0n) is 14.3. The number of hydrogen-bond acceptors (Lipinski definition) is 5. The number of nitrogens with one attached hydrogen (secondary N) is 2. The molecule has 0 bridgehead atoms. The average Bonchev–Trinajstić information content (AvgIpc) is 2.60. The van der Waals surface area contributed by atoms with Crippen LogP contribution in [0.2, 0.25) is 0 Å². The van der Waals surface area contributed by atoms with Crippen LogP contribution in [0, 0.1) is 19.7 Å². The van der Waals surface area contributed by atoms with Gasteiger partial charge < -0.3 is 10.6 Å². The van der Waals surface area contributed by atoms with Crippen molar-refractivity contribution in [1.82, 2.24) is 15.2 Å². The third kappa shape index (κ3) is 4.50. The van der Waals surface area contributed by atoms with Crippen molar-refractivity contribution in [1.29, 1.82) is 0 Å². The van der Waals surface area contributed by atoms with Crippen LogP contribution in [-0.2, 0) is 6.42 Å². The predicted molar refractivity (Wildman–Crippen MR) is 97.6 cm³/mol. The third-order valence-electron chi connectivity index (χ3n) is 3.85. The van der Waals surface area contributed by atoms with E-state index in [0.717, 1.165) is 11.3 Å². The Balaban J connectivity index is 1.63. The normalized spacial score (nSPS) is 10.5. The Morgan fingerprint density at radius 1 is 1.08 bits per heavy atom. The van der Waals surface area contributed by atoms with Gasteiger partial charge in [-0.25, -0.2) is 4.39 Å².